The number of amides is 1. The van der Waals surface area contributed by atoms with Gasteiger partial charge in [0, 0.05) is 6.42 Å². The fraction of sp³-hybridized carbons (Fsp3) is 0.952. The van der Waals surface area contributed by atoms with Crippen molar-refractivity contribution in [3.8, 4) is 0 Å². The van der Waals surface area contributed by atoms with Crippen molar-refractivity contribution >= 4 is 5.91 Å². The molecule has 0 fully saturated rings. The van der Waals surface area contributed by atoms with Crippen LogP contribution >= 0.6 is 0 Å². The minimum absolute atomic E-state index is 0.0462. The van der Waals surface area contributed by atoms with Gasteiger partial charge in [0.1, 0.15) is 0 Å². The molecule has 25 heavy (non-hydrogen) atoms. The average Bonchev–Trinajstić information content (AvgIpc) is 2.61. The normalized spacial score (nSPS) is 13.6. The number of aliphatic hydroxyl groups excluding tert-OH is 2. The van der Waals surface area contributed by atoms with Crippen LogP contribution in [0.5, 0.6) is 0 Å². The van der Waals surface area contributed by atoms with E-state index < -0.39 is 12.1 Å². The number of aliphatic hydroxyl groups is 2. The quantitative estimate of drug-likeness (QED) is 0.311. The highest BCUT2D eigenvalue weighted by Gasteiger charge is 2.19. The van der Waals surface area contributed by atoms with Crippen molar-refractivity contribution in [1.82, 2.24) is 5.32 Å². The van der Waals surface area contributed by atoms with Gasteiger partial charge in [-0.3, -0.25) is 4.79 Å². The van der Waals surface area contributed by atoms with Crippen LogP contribution < -0.4 is 5.32 Å². The second-order valence-corrected chi connectivity index (χ2v) is 7.35. The molecule has 0 saturated carbocycles. The van der Waals surface area contributed by atoms with Crippen LogP contribution in [0.4, 0.5) is 0 Å². The molecule has 0 aliphatic carbocycles. The van der Waals surface area contributed by atoms with Gasteiger partial charge in [-0.15, -0.1) is 0 Å². The lowest BCUT2D eigenvalue weighted by molar-refractivity contribution is -0.123. The Morgan fingerprint density at radius 2 is 1.28 bits per heavy atom. The topological polar surface area (TPSA) is 69.6 Å². The lowest BCUT2D eigenvalue weighted by Gasteiger charge is -2.22. The summed E-state index contributed by atoms with van der Waals surface area (Å²) in [7, 11) is 0. The lowest BCUT2D eigenvalue weighted by atomic mass is 10.0. The molecule has 150 valence electrons. The maximum absolute atomic E-state index is 12.0. The molecule has 0 aromatic heterocycles. The summed E-state index contributed by atoms with van der Waals surface area (Å²) in [4.78, 5) is 12.0. The summed E-state index contributed by atoms with van der Waals surface area (Å²) < 4.78 is 0. The number of unbranched alkanes of at least 4 members (excludes halogenated alkanes) is 11. The first-order valence-corrected chi connectivity index (χ1v) is 10.7. The van der Waals surface area contributed by atoms with Crippen molar-refractivity contribution in [3.63, 3.8) is 0 Å². The Hall–Kier alpha value is -0.610. The summed E-state index contributed by atoms with van der Waals surface area (Å²) in [6.07, 6.45) is 15.8. The first-order valence-electron chi connectivity index (χ1n) is 10.7. The van der Waals surface area contributed by atoms with Crippen molar-refractivity contribution in [1.29, 1.82) is 0 Å². The van der Waals surface area contributed by atoms with E-state index in [1.54, 1.807) is 0 Å². The number of hydrogen-bond acceptors (Lipinski definition) is 3. The molecular formula is C21H43NO3. The van der Waals surface area contributed by atoms with Crippen molar-refractivity contribution in [2.45, 2.75) is 122 Å². The fourth-order valence-electron chi connectivity index (χ4n) is 3.12. The molecule has 0 rings (SSSR count). The van der Waals surface area contributed by atoms with Gasteiger partial charge in [-0.05, 0) is 12.8 Å². The van der Waals surface area contributed by atoms with Crippen LogP contribution in [0.25, 0.3) is 0 Å². The van der Waals surface area contributed by atoms with Crippen molar-refractivity contribution < 1.29 is 15.0 Å². The Balaban J connectivity index is 3.70. The molecule has 0 heterocycles. The van der Waals surface area contributed by atoms with Crippen LogP contribution in [0, 0.1) is 0 Å². The van der Waals surface area contributed by atoms with Gasteiger partial charge in [-0.2, -0.15) is 0 Å². The van der Waals surface area contributed by atoms with E-state index in [0.29, 0.717) is 12.8 Å². The predicted molar refractivity (Wildman–Crippen MR) is 106 cm³/mol. The van der Waals surface area contributed by atoms with E-state index in [1.807, 2.05) is 0 Å². The van der Waals surface area contributed by atoms with Crippen molar-refractivity contribution in [2.24, 2.45) is 0 Å². The van der Waals surface area contributed by atoms with Crippen molar-refractivity contribution in [3.05, 3.63) is 0 Å². The highest BCUT2D eigenvalue weighted by atomic mass is 16.3. The third-order valence-corrected chi connectivity index (χ3v) is 4.87. The standard InChI is InChI=1S/C21H43NO3/c1-3-5-7-9-10-11-13-15-17-21(25)22-19(18-23)20(24)16-14-12-8-6-4-2/h19-20,23-24H,3-18H2,1-2H3,(H,22,25). The second-order valence-electron chi connectivity index (χ2n) is 7.35. The summed E-state index contributed by atoms with van der Waals surface area (Å²) in [6, 6.07) is -0.521. The Morgan fingerprint density at radius 1 is 0.800 bits per heavy atom. The third-order valence-electron chi connectivity index (χ3n) is 4.87. The Morgan fingerprint density at radius 3 is 1.80 bits per heavy atom. The van der Waals surface area contributed by atoms with E-state index in [1.165, 1.54) is 57.8 Å². The van der Waals surface area contributed by atoms with Gasteiger partial charge in [0.15, 0.2) is 0 Å². The monoisotopic (exact) mass is 357 g/mol. The van der Waals surface area contributed by atoms with Crippen molar-refractivity contribution in [2.75, 3.05) is 6.61 Å². The number of nitrogens with one attached hydrogen (secondary N) is 1. The largest absolute Gasteiger partial charge is 0.394 e. The smallest absolute Gasteiger partial charge is 0.220 e. The summed E-state index contributed by atoms with van der Waals surface area (Å²) in [5.74, 6) is -0.0462. The molecule has 0 aromatic carbocycles. The molecule has 0 saturated heterocycles. The lowest BCUT2D eigenvalue weighted by Crippen LogP contribution is -2.45. The Labute approximate surface area is 155 Å². The molecule has 0 radical (unpaired) electrons. The summed E-state index contributed by atoms with van der Waals surface area (Å²) in [5.41, 5.74) is 0. The number of carbonyl (C=O) groups excluding carboxylic acids is 1. The summed E-state index contributed by atoms with van der Waals surface area (Å²) in [6.45, 7) is 4.21. The van der Waals surface area contributed by atoms with E-state index in [2.05, 4.69) is 19.2 Å². The molecule has 1 amide bonds. The summed E-state index contributed by atoms with van der Waals surface area (Å²) >= 11 is 0. The van der Waals surface area contributed by atoms with Gasteiger partial charge in [0.25, 0.3) is 0 Å². The molecule has 0 aromatic rings. The third kappa shape index (κ3) is 15.4. The maximum atomic E-state index is 12.0. The van der Waals surface area contributed by atoms with Gasteiger partial charge < -0.3 is 15.5 Å². The zero-order valence-electron chi connectivity index (χ0n) is 16.8. The Bertz CT molecular complexity index is 297. The fourth-order valence-corrected chi connectivity index (χ4v) is 3.12. The zero-order valence-corrected chi connectivity index (χ0v) is 16.8. The number of carbonyl (C=O) groups is 1. The highest BCUT2D eigenvalue weighted by molar-refractivity contribution is 5.76. The van der Waals surface area contributed by atoms with E-state index >= 15 is 0 Å². The van der Waals surface area contributed by atoms with Gasteiger partial charge in [-0.1, -0.05) is 90.9 Å². The maximum Gasteiger partial charge on any atom is 0.220 e. The van der Waals surface area contributed by atoms with Gasteiger partial charge in [0.05, 0.1) is 18.8 Å². The Kier molecular flexibility index (Phi) is 17.7. The van der Waals surface area contributed by atoms with E-state index in [4.69, 9.17) is 0 Å². The molecule has 2 atom stereocenters. The predicted octanol–water partition coefficient (Wildman–Crippen LogP) is 4.72. The SMILES string of the molecule is CCCCCCCCCCC(=O)NC(CO)C(O)CCCCCCC. The minimum atomic E-state index is -0.644. The molecule has 0 spiro atoms. The first-order chi connectivity index (χ1) is 12.2. The van der Waals surface area contributed by atoms with Crippen LogP contribution in [0.15, 0.2) is 0 Å². The average molecular weight is 358 g/mol. The molecule has 4 nitrogen and oxygen atoms in total. The van der Waals surface area contributed by atoms with Crippen LogP contribution in [-0.2, 0) is 4.79 Å². The van der Waals surface area contributed by atoms with Gasteiger partial charge in [0.2, 0.25) is 5.91 Å². The molecule has 2 unspecified atom stereocenters. The van der Waals surface area contributed by atoms with Crippen LogP contribution in [0.1, 0.15) is 110 Å². The van der Waals surface area contributed by atoms with E-state index in [0.717, 1.165) is 25.7 Å². The minimum Gasteiger partial charge on any atom is -0.394 e. The summed E-state index contributed by atoms with van der Waals surface area (Å²) in [5, 5.41) is 22.4. The highest BCUT2D eigenvalue weighted by Crippen LogP contribution is 2.11. The second kappa shape index (κ2) is 18.2. The molecule has 0 aliphatic heterocycles. The zero-order chi connectivity index (χ0) is 18.8. The first kappa shape index (κ1) is 24.4. The van der Waals surface area contributed by atoms with Gasteiger partial charge >= 0.3 is 0 Å². The van der Waals surface area contributed by atoms with Crippen LogP contribution in [-0.4, -0.2) is 34.9 Å². The molecule has 0 aliphatic rings. The van der Waals surface area contributed by atoms with Crippen LogP contribution in [0.2, 0.25) is 0 Å². The van der Waals surface area contributed by atoms with E-state index in [9.17, 15) is 15.0 Å². The molecular weight excluding hydrogens is 314 g/mol. The molecule has 3 N–H and O–H groups in total. The number of hydrogen-bond donors (Lipinski definition) is 3. The van der Waals surface area contributed by atoms with Crippen LogP contribution in [0.3, 0.4) is 0 Å². The number of rotatable bonds is 18. The molecule has 4 heteroatoms. The van der Waals surface area contributed by atoms with Gasteiger partial charge in [-0.25, -0.2) is 0 Å². The van der Waals surface area contributed by atoms with E-state index in [-0.39, 0.29) is 12.5 Å². The molecule has 0 bridgehead atoms.